The Morgan fingerprint density at radius 2 is 1.83 bits per heavy atom. The third-order valence-corrected chi connectivity index (χ3v) is 2.71. The maximum absolute atomic E-state index is 13.5. The fraction of sp³-hybridized carbons (Fsp3) is 0.167. The summed E-state index contributed by atoms with van der Waals surface area (Å²) in [7, 11) is -1.90. The molecular formula is C12H10BF3O2. The maximum atomic E-state index is 13.5. The van der Waals surface area contributed by atoms with Crippen LogP contribution in [0, 0.1) is 5.82 Å². The molecule has 0 bridgehead atoms. The molecule has 94 valence electrons. The Morgan fingerprint density at radius 1 is 1.11 bits per heavy atom. The van der Waals surface area contributed by atoms with Crippen LogP contribution >= 0.6 is 0 Å². The summed E-state index contributed by atoms with van der Waals surface area (Å²) >= 11 is 0. The van der Waals surface area contributed by atoms with Crippen molar-refractivity contribution in [2.75, 3.05) is 0 Å². The molecule has 0 radical (unpaired) electrons. The van der Waals surface area contributed by atoms with Gasteiger partial charge in [-0.3, -0.25) is 0 Å². The van der Waals surface area contributed by atoms with Gasteiger partial charge >= 0.3 is 7.12 Å². The second-order valence-corrected chi connectivity index (χ2v) is 3.98. The zero-order chi connectivity index (χ0) is 13.3. The summed E-state index contributed by atoms with van der Waals surface area (Å²) in [4.78, 5) is 0. The smallest absolute Gasteiger partial charge is 0.423 e. The van der Waals surface area contributed by atoms with Crippen molar-refractivity contribution in [2.45, 2.75) is 12.3 Å². The number of hydrogen-bond acceptors (Lipinski definition) is 2. The summed E-state index contributed by atoms with van der Waals surface area (Å²) in [6.45, 7) is 0. The molecule has 2 rings (SSSR count). The molecule has 0 fully saturated rings. The minimum Gasteiger partial charge on any atom is -0.423 e. The summed E-state index contributed by atoms with van der Waals surface area (Å²) < 4.78 is 39.5. The van der Waals surface area contributed by atoms with E-state index in [2.05, 4.69) is 0 Å². The Bertz CT molecular complexity index is 514. The van der Waals surface area contributed by atoms with Gasteiger partial charge in [-0.25, -0.2) is 13.2 Å². The van der Waals surface area contributed by atoms with Crippen LogP contribution in [0.3, 0.4) is 0 Å². The van der Waals surface area contributed by atoms with E-state index in [0.717, 1.165) is 18.2 Å². The first kappa shape index (κ1) is 12.9. The first-order valence-corrected chi connectivity index (χ1v) is 5.33. The van der Waals surface area contributed by atoms with Gasteiger partial charge in [0, 0.05) is 5.46 Å². The summed E-state index contributed by atoms with van der Waals surface area (Å²) in [5, 5.41) is 17.7. The van der Waals surface area contributed by atoms with Crippen molar-refractivity contribution in [1.82, 2.24) is 0 Å². The van der Waals surface area contributed by atoms with Crippen LogP contribution in [0.2, 0.25) is 0 Å². The van der Waals surface area contributed by atoms with E-state index in [1.54, 1.807) is 0 Å². The van der Waals surface area contributed by atoms with E-state index in [9.17, 15) is 13.2 Å². The lowest BCUT2D eigenvalue weighted by molar-refractivity contribution is 0.246. The van der Waals surface area contributed by atoms with Gasteiger partial charge in [0.2, 0.25) is 0 Å². The Kier molecular flexibility index (Phi) is 3.59. The normalized spacial score (nSPS) is 22.8. The quantitative estimate of drug-likeness (QED) is 0.777. The molecule has 0 aromatic heterocycles. The topological polar surface area (TPSA) is 40.5 Å². The molecular weight excluding hydrogens is 244 g/mol. The third kappa shape index (κ3) is 2.49. The molecule has 18 heavy (non-hydrogen) atoms. The van der Waals surface area contributed by atoms with Gasteiger partial charge in [-0.2, -0.15) is 0 Å². The largest absolute Gasteiger partial charge is 0.491 e. The number of rotatable bonds is 2. The zero-order valence-corrected chi connectivity index (χ0v) is 9.22. The number of allylic oxidation sites excluding steroid dienone is 4. The number of alkyl halides is 2. The summed E-state index contributed by atoms with van der Waals surface area (Å²) in [5.74, 6) is -0.811. The van der Waals surface area contributed by atoms with Crippen LogP contribution in [0.4, 0.5) is 13.2 Å². The number of benzene rings is 1. The van der Waals surface area contributed by atoms with E-state index >= 15 is 0 Å². The number of hydrogen-bond donors (Lipinski definition) is 2. The van der Waals surface area contributed by atoms with E-state index < -0.39 is 25.3 Å². The van der Waals surface area contributed by atoms with Crippen molar-refractivity contribution in [3.63, 3.8) is 0 Å². The lowest BCUT2D eigenvalue weighted by atomic mass is 9.79. The van der Waals surface area contributed by atoms with Gasteiger partial charge in [-0.05, 0) is 29.4 Å². The average molecular weight is 254 g/mol. The molecule has 1 aliphatic carbocycles. The van der Waals surface area contributed by atoms with Gasteiger partial charge in [0.25, 0.3) is 0 Å². The molecule has 2 nitrogen and oxygen atoms in total. The van der Waals surface area contributed by atoms with Crippen molar-refractivity contribution in [3.05, 3.63) is 47.8 Å². The predicted molar refractivity (Wildman–Crippen MR) is 63.1 cm³/mol. The summed E-state index contributed by atoms with van der Waals surface area (Å²) in [6, 6.07) is 3.66. The minimum absolute atomic E-state index is 0.265. The molecule has 0 spiro atoms. The van der Waals surface area contributed by atoms with Crippen LogP contribution in [-0.2, 0) is 0 Å². The van der Waals surface area contributed by atoms with Crippen LogP contribution in [0.5, 0.6) is 0 Å². The van der Waals surface area contributed by atoms with E-state index in [1.807, 2.05) is 0 Å². The molecule has 0 amide bonds. The molecule has 2 atom stereocenters. The highest BCUT2D eigenvalue weighted by atomic mass is 19.2. The fourth-order valence-electron chi connectivity index (χ4n) is 1.73. The third-order valence-electron chi connectivity index (χ3n) is 2.71. The van der Waals surface area contributed by atoms with E-state index in [0.29, 0.717) is 11.1 Å². The molecule has 1 aromatic carbocycles. The predicted octanol–water partition coefficient (Wildman–Crippen LogP) is 1.13. The molecule has 6 heteroatoms. The van der Waals surface area contributed by atoms with Crippen LogP contribution in [0.25, 0.3) is 5.57 Å². The molecule has 0 heterocycles. The van der Waals surface area contributed by atoms with Crippen molar-refractivity contribution >= 4 is 18.2 Å². The van der Waals surface area contributed by atoms with Crippen LogP contribution in [0.1, 0.15) is 5.56 Å². The first-order chi connectivity index (χ1) is 8.49. The lowest BCUT2D eigenvalue weighted by Gasteiger charge is -2.14. The molecule has 0 saturated carbocycles. The van der Waals surface area contributed by atoms with Crippen LogP contribution in [-0.4, -0.2) is 29.5 Å². The molecule has 0 saturated heterocycles. The van der Waals surface area contributed by atoms with E-state index in [4.69, 9.17) is 10.0 Å². The van der Waals surface area contributed by atoms with Crippen molar-refractivity contribution in [3.8, 4) is 0 Å². The summed E-state index contributed by atoms with van der Waals surface area (Å²) in [6.07, 6.45) is 0.0551. The highest BCUT2D eigenvalue weighted by Gasteiger charge is 2.21. The highest BCUT2D eigenvalue weighted by molar-refractivity contribution is 6.58. The molecule has 0 aliphatic heterocycles. The van der Waals surface area contributed by atoms with Crippen LogP contribution in [0.15, 0.2) is 36.4 Å². The van der Waals surface area contributed by atoms with Gasteiger partial charge < -0.3 is 10.0 Å². The standard InChI is InChI=1S/C12H10BF3O2/c14-10-4-2-8(6-12(10)16)7-1-3-9(13(17)18)11(15)5-7/h1-6,10,12,17-18H. The van der Waals surface area contributed by atoms with E-state index in [1.165, 1.54) is 18.2 Å². The van der Waals surface area contributed by atoms with Crippen molar-refractivity contribution in [1.29, 1.82) is 0 Å². The second-order valence-electron chi connectivity index (χ2n) is 3.98. The monoisotopic (exact) mass is 254 g/mol. The molecule has 2 N–H and O–H groups in total. The van der Waals surface area contributed by atoms with Gasteiger partial charge in [-0.1, -0.05) is 18.2 Å². The molecule has 2 unspecified atom stereocenters. The minimum atomic E-state index is -1.90. The Morgan fingerprint density at radius 3 is 2.39 bits per heavy atom. The Labute approximate surface area is 102 Å². The van der Waals surface area contributed by atoms with Crippen molar-refractivity contribution in [2.24, 2.45) is 0 Å². The Balaban J connectivity index is 2.33. The van der Waals surface area contributed by atoms with Gasteiger partial charge in [-0.15, -0.1) is 0 Å². The molecule has 1 aromatic rings. The second kappa shape index (κ2) is 5.00. The van der Waals surface area contributed by atoms with Gasteiger partial charge in [0.15, 0.2) is 12.3 Å². The van der Waals surface area contributed by atoms with Gasteiger partial charge in [0.1, 0.15) is 5.82 Å². The SMILES string of the molecule is OB(O)c1ccc(C2=CC(F)C(F)C=C2)cc1F. The van der Waals surface area contributed by atoms with Gasteiger partial charge in [0.05, 0.1) is 0 Å². The average Bonchev–Trinajstić information content (AvgIpc) is 2.32. The zero-order valence-electron chi connectivity index (χ0n) is 9.22. The number of halogens is 3. The summed E-state index contributed by atoms with van der Waals surface area (Å²) in [5.41, 5.74) is 0.441. The first-order valence-electron chi connectivity index (χ1n) is 5.33. The lowest BCUT2D eigenvalue weighted by Crippen LogP contribution is -2.32. The Hall–Kier alpha value is -1.53. The van der Waals surface area contributed by atoms with Crippen LogP contribution < -0.4 is 5.46 Å². The maximum Gasteiger partial charge on any atom is 0.491 e. The fourth-order valence-corrected chi connectivity index (χ4v) is 1.73. The van der Waals surface area contributed by atoms with Crippen molar-refractivity contribution < 1.29 is 23.2 Å². The van der Waals surface area contributed by atoms with E-state index in [-0.39, 0.29) is 5.46 Å². The highest BCUT2D eigenvalue weighted by Crippen LogP contribution is 2.24. The molecule has 1 aliphatic rings.